The number of pyridine rings is 1. The Morgan fingerprint density at radius 3 is 2.64 bits per heavy atom. The number of methoxy groups -OCH3 is 1. The monoisotopic (exact) mass is 187 g/mol. The summed E-state index contributed by atoms with van der Waals surface area (Å²) < 4.78 is 5.23. The molecular weight excluding hydrogens is 174 g/mol. The summed E-state index contributed by atoms with van der Waals surface area (Å²) in [7, 11) is 1.69. The van der Waals surface area contributed by atoms with Crippen LogP contribution in [0.1, 0.15) is 11.1 Å². The second kappa shape index (κ2) is 3.29. The third-order valence-electron chi connectivity index (χ3n) is 2.46. The van der Waals surface area contributed by atoms with Crippen LogP contribution >= 0.6 is 0 Å². The molecule has 0 bridgehead atoms. The van der Waals surface area contributed by atoms with Gasteiger partial charge in [0.25, 0.3) is 0 Å². The number of aryl methyl sites for hydroxylation is 2. The Bertz CT molecular complexity index is 477. The van der Waals surface area contributed by atoms with Gasteiger partial charge in [-0.15, -0.1) is 0 Å². The quantitative estimate of drug-likeness (QED) is 0.684. The number of ether oxygens (including phenoxy) is 1. The van der Waals surface area contributed by atoms with Crippen LogP contribution in [0, 0.1) is 13.8 Å². The molecule has 2 rings (SSSR count). The summed E-state index contributed by atoms with van der Waals surface area (Å²) in [5.74, 6) is 0.895. The van der Waals surface area contributed by atoms with E-state index in [1.165, 1.54) is 10.9 Å². The number of rotatable bonds is 1. The Balaban J connectivity index is 2.83. The molecule has 0 N–H and O–H groups in total. The van der Waals surface area contributed by atoms with Crippen molar-refractivity contribution in [3.05, 3.63) is 35.5 Å². The van der Waals surface area contributed by atoms with Crippen molar-refractivity contribution in [2.24, 2.45) is 0 Å². The average molecular weight is 187 g/mol. The van der Waals surface area contributed by atoms with Gasteiger partial charge < -0.3 is 4.74 Å². The smallest absolute Gasteiger partial charge is 0.119 e. The third kappa shape index (κ3) is 1.33. The molecule has 1 aromatic carbocycles. The van der Waals surface area contributed by atoms with Gasteiger partial charge >= 0.3 is 0 Å². The zero-order valence-electron chi connectivity index (χ0n) is 8.66. The highest BCUT2D eigenvalue weighted by Gasteiger charge is 2.03. The first-order valence-electron chi connectivity index (χ1n) is 4.62. The molecule has 72 valence electrons. The number of hydrogen-bond donors (Lipinski definition) is 0. The van der Waals surface area contributed by atoms with E-state index in [9.17, 15) is 0 Å². The lowest BCUT2D eigenvalue weighted by Gasteiger charge is -2.07. The zero-order chi connectivity index (χ0) is 10.1. The summed E-state index contributed by atoms with van der Waals surface area (Å²) >= 11 is 0. The van der Waals surface area contributed by atoms with Crippen LogP contribution in [0.2, 0.25) is 0 Å². The molecule has 0 unspecified atom stereocenters. The first-order valence-corrected chi connectivity index (χ1v) is 4.62. The van der Waals surface area contributed by atoms with E-state index in [2.05, 4.69) is 18.8 Å². The molecule has 0 radical (unpaired) electrons. The van der Waals surface area contributed by atoms with Crippen molar-refractivity contribution in [2.75, 3.05) is 7.11 Å². The molecule has 2 nitrogen and oxygen atoms in total. The Labute approximate surface area is 83.5 Å². The lowest BCUT2D eigenvalue weighted by atomic mass is 10.1. The van der Waals surface area contributed by atoms with E-state index in [0.717, 1.165) is 16.8 Å². The van der Waals surface area contributed by atoms with E-state index < -0.39 is 0 Å². The standard InChI is InChI=1S/C12H13NO/c1-8-4-5-13-12-9(2)6-10(14-3)7-11(8)12/h4-7H,1-3H3. The summed E-state index contributed by atoms with van der Waals surface area (Å²) in [6.07, 6.45) is 1.84. The number of benzene rings is 1. The second-order valence-corrected chi connectivity index (χ2v) is 3.47. The number of aromatic nitrogens is 1. The maximum Gasteiger partial charge on any atom is 0.119 e. The van der Waals surface area contributed by atoms with Crippen molar-refractivity contribution in [1.82, 2.24) is 4.98 Å². The van der Waals surface area contributed by atoms with Gasteiger partial charge in [-0.1, -0.05) is 0 Å². The van der Waals surface area contributed by atoms with Crippen LogP contribution in [0.4, 0.5) is 0 Å². The molecule has 2 heteroatoms. The minimum atomic E-state index is 0.895. The van der Waals surface area contributed by atoms with Crippen LogP contribution in [-0.2, 0) is 0 Å². The van der Waals surface area contributed by atoms with Crippen LogP contribution in [0.25, 0.3) is 10.9 Å². The maximum atomic E-state index is 5.23. The van der Waals surface area contributed by atoms with Crippen molar-refractivity contribution in [2.45, 2.75) is 13.8 Å². The number of fused-ring (bicyclic) bond motifs is 1. The van der Waals surface area contributed by atoms with Crippen molar-refractivity contribution in [3.8, 4) is 5.75 Å². The molecule has 0 amide bonds. The van der Waals surface area contributed by atoms with Gasteiger partial charge in [-0.2, -0.15) is 0 Å². The predicted molar refractivity (Wildman–Crippen MR) is 57.8 cm³/mol. The summed E-state index contributed by atoms with van der Waals surface area (Å²) in [6, 6.07) is 6.06. The van der Waals surface area contributed by atoms with Gasteiger partial charge in [0.15, 0.2) is 0 Å². The fraction of sp³-hybridized carbons (Fsp3) is 0.250. The molecule has 1 aromatic heterocycles. The molecule has 0 saturated carbocycles. The minimum Gasteiger partial charge on any atom is -0.497 e. The van der Waals surface area contributed by atoms with Gasteiger partial charge in [0.2, 0.25) is 0 Å². The zero-order valence-corrected chi connectivity index (χ0v) is 8.66. The third-order valence-corrected chi connectivity index (χ3v) is 2.46. The van der Waals surface area contributed by atoms with Crippen LogP contribution in [0.15, 0.2) is 24.4 Å². The van der Waals surface area contributed by atoms with E-state index in [1.54, 1.807) is 7.11 Å². The summed E-state index contributed by atoms with van der Waals surface area (Å²) in [4.78, 5) is 4.36. The number of hydrogen-bond acceptors (Lipinski definition) is 2. The van der Waals surface area contributed by atoms with E-state index in [0.29, 0.717) is 0 Å². The Kier molecular flexibility index (Phi) is 2.12. The van der Waals surface area contributed by atoms with Gasteiger partial charge in [0, 0.05) is 11.6 Å². The first kappa shape index (κ1) is 9.00. The van der Waals surface area contributed by atoms with Crippen LogP contribution < -0.4 is 4.74 Å². The largest absolute Gasteiger partial charge is 0.497 e. The van der Waals surface area contributed by atoms with E-state index in [1.807, 2.05) is 24.4 Å². The molecular formula is C12H13NO. The Morgan fingerprint density at radius 1 is 1.14 bits per heavy atom. The molecule has 2 aromatic rings. The van der Waals surface area contributed by atoms with Gasteiger partial charge in [-0.3, -0.25) is 4.98 Å². The van der Waals surface area contributed by atoms with Gasteiger partial charge in [-0.25, -0.2) is 0 Å². The Hall–Kier alpha value is -1.57. The average Bonchev–Trinajstić information content (AvgIpc) is 2.19. The van der Waals surface area contributed by atoms with Crippen molar-refractivity contribution < 1.29 is 4.74 Å². The van der Waals surface area contributed by atoms with Crippen LogP contribution in [0.3, 0.4) is 0 Å². The lowest BCUT2D eigenvalue weighted by Crippen LogP contribution is -1.89. The van der Waals surface area contributed by atoms with Gasteiger partial charge in [0.1, 0.15) is 5.75 Å². The molecule has 14 heavy (non-hydrogen) atoms. The van der Waals surface area contributed by atoms with E-state index >= 15 is 0 Å². The van der Waals surface area contributed by atoms with Gasteiger partial charge in [0.05, 0.1) is 12.6 Å². The highest BCUT2D eigenvalue weighted by Crippen LogP contribution is 2.25. The molecule has 0 aliphatic carbocycles. The SMILES string of the molecule is COc1cc(C)c2nccc(C)c2c1. The highest BCUT2D eigenvalue weighted by molar-refractivity contribution is 5.86. The number of nitrogens with zero attached hydrogens (tertiary/aromatic N) is 1. The maximum absolute atomic E-state index is 5.23. The predicted octanol–water partition coefficient (Wildman–Crippen LogP) is 2.86. The normalized spacial score (nSPS) is 10.5. The minimum absolute atomic E-state index is 0.895. The van der Waals surface area contributed by atoms with E-state index in [4.69, 9.17) is 4.74 Å². The molecule has 0 saturated heterocycles. The molecule has 0 spiro atoms. The van der Waals surface area contributed by atoms with Crippen molar-refractivity contribution in [1.29, 1.82) is 0 Å². The summed E-state index contributed by atoms with van der Waals surface area (Å²) in [5, 5.41) is 1.17. The fourth-order valence-corrected chi connectivity index (χ4v) is 1.65. The lowest BCUT2D eigenvalue weighted by molar-refractivity contribution is 0.415. The van der Waals surface area contributed by atoms with Crippen LogP contribution in [-0.4, -0.2) is 12.1 Å². The second-order valence-electron chi connectivity index (χ2n) is 3.47. The van der Waals surface area contributed by atoms with Crippen LogP contribution in [0.5, 0.6) is 5.75 Å². The first-order chi connectivity index (χ1) is 6.72. The molecule has 0 aliphatic heterocycles. The van der Waals surface area contributed by atoms with Gasteiger partial charge in [-0.05, 0) is 43.2 Å². The molecule has 0 aliphatic rings. The topological polar surface area (TPSA) is 22.1 Å². The highest BCUT2D eigenvalue weighted by atomic mass is 16.5. The fourth-order valence-electron chi connectivity index (χ4n) is 1.65. The summed E-state index contributed by atoms with van der Waals surface area (Å²) in [5.41, 5.74) is 3.45. The van der Waals surface area contributed by atoms with E-state index in [-0.39, 0.29) is 0 Å². The molecule has 1 heterocycles. The van der Waals surface area contributed by atoms with Crippen molar-refractivity contribution >= 4 is 10.9 Å². The molecule has 0 atom stereocenters. The van der Waals surface area contributed by atoms with Crippen molar-refractivity contribution in [3.63, 3.8) is 0 Å². The summed E-state index contributed by atoms with van der Waals surface area (Å²) in [6.45, 7) is 4.14. The molecule has 0 fully saturated rings. The Morgan fingerprint density at radius 2 is 1.93 bits per heavy atom.